The molecule has 1 aromatic heterocycles. The van der Waals surface area contributed by atoms with Gasteiger partial charge in [-0.3, -0.25) is 4.79 Å². The lowest BCUT2D eigenvalue weighted by atomic mass is 9.74. The molecule has 3 N–H and O–H groups in total. The first kappa shape index (κ1) is 16.0. The minimum absolute atomic E-state index is 0.0190. The summed E-state index contributed by atoms with van der Waals surface area (Å²) in [6.45, 7) is 7.95. The number of carbonyl (C=O) groups is 1. The molecule has 2 rings (SSSR count). The largest absolute Gasteiger partial charge is 0.383 e. The topological polar surface area (TPSA) is 69.3 Å². The van der Waals surface area contributed by atoms with Crippen LogP contribution in [0.4, 0.5) is 0 Å². The Bertz CT molecular complexity index is 520. The molecule has 0 bridgehead atoms. The molecule has 1 aliphatic rings. The fourth-order valence-corrected chi connectivity index (χ4v) is 3.22. The van der Waals surface area contributed by atoms with E-state index >= 15 is 0 Å². The molecule has 1 aliphatic carbocycles. The van der Waals surface area contributed by atoms with Crippen LogP contribution in [-0.2, 0) is 22.5 Å². The summed E-state index contributed by atoms with van der Waals surface area (Å²) in [5.41, 5.74) is 10.0. The van der Waals surface area contributed by atoms with Gasteiger partial charge < -0.3 is 20.4 Å². The average Bonchev–Trinajstić information content (AvgIpc) is 2.66. The Labute approximate surface area is 126 Å². The highest BCUT2D eigenvalue weighted by atomic mass is 16.5. The molecular formula is C16H27N3O2. The second kappa shape index (κ2) is 6.20. The molecule has 1 heterocycles. The van der Waals surface area contributed by atoms with Crippen LogP contribution in [0.5, 0.6) is 0 Å². The number of nitrogens with one attached hydrogen (secondary N) is 1. The van der Waals surface area contributed by atoms with Crippen molar-refractivity contribution in [3.05, 3.63) is 23.0 Å². The van der Waals surface area contributed by atoms with Gasteiger partial charge in [0.1, 0.15) is 6.54 Å². The summed E-state index contributed by atoms with van der Waals surface area (Å²) < 4.78 is 7.05. The van der Waals surface area contributed by atoms with E-state index in [-0.39, 0.29) is 17.4 Å². The van der Waals surface area contributed by atoms with Gasteiger partial charge in [0, 0.05) is 31.1 Å². The van der Waals surface area contributed by atoms with E-state index in [0.717, 1.165) is 18.5 Å². The third kappa shape index (κ3) is 3.66. The van der Waals surface area contributed by atoms with E-state index in [1.807, 2.05) is 6.92 Å². The molecule has 1 amide bonds. The number of carbonyl (C=O) groups excluding carboxylic acids is 1. The van der Waals surface area contributed by atoms with Crippen LogP contribution in [0.2, 0.25) is 0 Å². The van der Waals surface area contributed by atoms with Gasteiger partial charge in [-0.2, -0.15) is 0 Å². The Hall–Kier alpha value is -1.33. The van der Waals surface area contributed by atoms with Gasteiger partial charge in [-0.05, 0) is 36.8 Å². The first-order valence-electron chi connectivity index (χ1n) is 7.54. The molecule has 1 atom stereocenters. The molecule has 118 valence electrons. The number of nitrogens with two attached hydrogens (primary N) is 1. The zero-order valence-corrected chi connectivity index (χ0v) is 13.5. The molecule has 5 nitrogen and oxygen atoms in total. The molecule has 0 aliphatic heterocycles. The lowest BCUT2D eigenvalue weighted by Gasteiger charge is -2.34. The number of ether oxygens (including phenoxy) is 1. The zero-order valence-electron chi connectivity index (χ0n) is 13.5. The van der Waals surface area contributed by atoms with Crippen LogP contribution in [-0.4, -0.2) is 30.7 Å². The third-order valence-corrected chi connectivity index (χ3v) is 4.20. The minimum Gasteiger partial charge on any atom is -0.383 e. The number of aryl methyl sites for hydroxylation is 1. The first-order valence-corrected chi connectivity index (χ1v) is 7.54. The maximum atomic E-state index is 12.0. The smallest absolute Gasteiger partial charge is 0.240 e. The molecule has 0 fully saturated rings. The number of amides is 1. The van der Waals surface area contributed by atoms with Crippen LogP contribution < -0.4 is 11.1 Å². The minimum atomic E-state index is 0.0190. The standard InChI is InChI=1S/C16H27N3O2/c1-11-7-12-13(17)8-16(2,3)9-14(12)19(11)10-15(20)18-5-6-21-4/h7,13H,5-6,8-10,17H2,1-4H3,(H,18,20). The molecule has 0 saturated carbocycles. The highest BCUT2D eigenvalue weighted by Crippen LogP contribution is 2.40. The first-order chi connectivity index (χ1) is 9.84. The Morgan fingerprint density at radius 2 is 2.29 bits per heavy atom. The fourth-order valence-electron chi connectivity index (χ4n) is 3.22. The molecule has 0 saturated heterocycles. The summed E-state index contributed by atoms with van der Waals surface area (Å²) in [7, 11) is 1.63. The number of methoxy groups -OCH3 is 1. The van der Waals surface area contributed by atoms with Gasteiger partial charge in [0.15, 0.2) is 0 Å². The second-order valence-corrected chi connectivity index (χ2v) is 6.77. The maximum Gasteiger partial charge on any atom is 0.240 e. The van der Waals surface area contributed by atoms with Crippen molar-refractivity contribution >= 4 is 5.91 Å². The van der Waals surface area contributed by atoms with Gasteiger partial charge in [-0.1, -0.05) is 13.8 Å². The number of fused-ring (bicyclic) bond motifs is 1. The molecule has 0 radical (unpaired) electrons. The number of hydrogen-bond acceptors (Lipinski definition) is 3. The molecule has 1 unspecified atom stereocenters. The summed E-state index contributed by atoms with van der Waals surface area (Å²) >= 11 is 0. The van der Waals surface area contributed by atoms with Crippen molar-refractivity contribution in [2.45, 2.75) is 46.2 Å². The van der Waals surface area contributed by atoms with Crippen molar-refractivity contribution in [3.63, 3.8) is 0 Å². The van der Waals surface area contributed by atoms with E-state index in [1.165, 1.54) is 11.3 Å². The van der Waals surface area contributed by atoms with Crippen molar-refractivity contribution in [3.8, 4) is 0 Å². The van der Waals surface area contributed by atoms with Gasteiger partial charge in [0.25, 0.3) is 0 Å². The van der Waals surface area contributed by atoms with E-state index in [0.29, 0.717) is 19.7 Å². The third-order valence-electron chi connectivity index (χ3n) is 4.20. The van der Waals surface area contributed by atoms with Gasteiger partial charge >= 0.3 is 0 Å². The van der Waals surface area contributed by atoms with E-state index in [2.05, 4.69) is 29.8 Å². The molecule has 1 aromatic rings. The number of aromatic nitrogens is 1. The van der Waals surface area contributed by atoms with E-state index in [9.17, 15) is 4.79 Å². The highest BCUT2D eigenvalue weighted by molar-refractivity contribution is 5.76. The van der Waals surface area contributed by atoms with Crippen molar-refractivity contribution in [2.75, 3.05) is 20.3 Å². The van der Waals surface area contributed by atoms with Crippen molar-refractivity contribution in [1.82, 2.24) is 9.88 Å². The summed E-state index contributed by atoms with van der Waals surface area (Å²) in [5.74, 6) is 0.0190. The average molecular weight is 293 g/mol. The van der Waals surface area contributed by atoms with Crippen LogP contribution in [0.25, 0.3) is 0 Å². The van der Waals surface area contributed by atoms with Crippen molar-refractivity contribution in [2.24, 2.45) is 11.1 Å². The van der Waals surface area contributed by atoms with Gasteiger partial charge in [-0.15, -0.1) is 0 Å². The van der Waals surface area contributed by atoms with Crippen LogP contribution in [0, 0.1) is 12.3 Å². The Morgan fingerprint density at radius 3 is 2.95 bits per heavy atom. The lowest BCUT2D eigenvalue weighted by Crippen LogP contribution is -2.34. The normalized spacial score (nSPS) is 20.1. The molecule has 0 spiro atoms. The molecule has 21 heavy (non-hydrogen) atoms. The lowest BCUT2D eigenvalue weighted by molar-refractivity contribution is -0.121. The van der Waals surface area contributed by atoms with Gasteiger partial charge in [0.2, 0.25) is 5.91 Å². The van der Waals surface area contributed by atoms with Gasteiger partial charge in [-0.25, -0.2) is 0 Å². The molecular weight excluding hydrogens is 266 g/mol. The van der Waals surface area contributed by atoms with Crippen LogP contribution in [0.3, 0.4) is 0 Å². The van der Waals surface area contributed by atoms with Crippen LogP contribution in [0.1, 0.15) is 43.3 Å². The Morgan fingerprint density at radius 1 is 1.57 bits per heavy atom. The quantitative estimate of drug-likeness (QED) is 0.809. The predicted octanol–water partition coefficient (Wildman–Crippen LogP) is 1.53. The SMILES string of the molecule is COCCNC(=O)Cn1c(C)cc2c1CC(C)(C)CC2N. The van der Waals surface area contributed by atoms with Crippen LogP contribution >= 0.6 is 0 Å². The summed E-state index contributed by atoms with van der Waals surface area (Å²) in [4.78, 5) is 12.0. The van der Waals surface area contributed by atoms with Crippen molar-refractivity contribution in [1.29, 1.82) is 0 Å². The second-order valence-electron chi connectivity index (χ2n) is 6.77. The van der Waals surface area contributed by atoms with Crippen molar-refractivity contribution < 1.29 is 9.53 Å². The van der Waals surface area contributed by atoms with Gasteiger partial charge in [0.05, 0.1) is 6.61 Å². The zero-order chi connectivity index (χ0) is 15.6. The number of rotatable bonds is 5. The summed E-state index contributed by atoms with van der Waals surface area (Å²) in [6, 6.07) is 2.21. The van der Waals surface area contributed by atoms with Crippen LogP contribution in [0.15, 0.2) is 6.07 Å². The molecule has 5 heteroatoms. The summed E-state index contributed by atoms with van der Waals surface area (Å²) in [6.07, 6.45) is 1.96. The monoisotopic (exact) mass is 293 g/mol. The Kier molecular flexibility index (Phi) is 4.74. The fraction of sp³-hybridized carbons (Fsp3) is 0.688. The highest BCUT2D eigenvalue weighted by Gasteiger charge is 2.33. The maximum absolute atomic E-state index is 12.0. The number of hydrogen-bond donors (Lipinski definition) is 2. The van der Waals surface area contributed by atoms with E-state index in [1.54, 1.807) is 7.11 Å². The number of nitrogens with zero attached hydrogens (tertiary/aromatic N) is 1. The van der Waals surface area contributed by atoms with E-state index < -0.39 is 0 Å². The Balaban J connectivity index is 2.16. The van der Waals surface area contributed by atoms with E-state index in [4.69, 9.17) is 10.5 Å². The predicted molar refractivity (Wildman–Crippen MR) is 83.1 cm³/mol. The summed E-state index contributed by atoms with van der Waals surface area (Å²) in [5, 5.41) is 2.87. The molecule has 0 aromatic carbocycles.